The van der Waals surface area contributed by atoms with Crippen molar-refractivity contribution < 1.29 is 9.47 Å². The quantitative estimate of drug-likeness (QED) is 0.376. The molecule has 2 heterocycles. The van der Waals surface area contributed by atoms with Crippen LogP contribution < -0.4 is 15.0 Å². The summed E-state index contributed by atoms with van der Waals surface area (Å²) in [6.45, 7) is 1.10. The third kappa shape index (κ3) is 4.00. The van der Waals surface area contributed by atoms with Gasteiger partial charge in [-0.05, 0) is 58.0 Å². The van der Waals surface area contributed by atoms with Crippen LogP contribution in [0, 0.1) is 3.57 Å². The molecular formula is C22H20IN3O3. The molecular weight excluding hydrogens is 481 g/mol. The van der Waals surface area contributed by atoms with E-state index < -0.39 is 0 Å². The van der Waals surface area contributed by atoms with E-state index in [9.17, 15) is 4.79 Å². The second-order valence-corrected chi connectivity index (χ2v) is 7.84. The number of hydrogen-bond acceptors (Lipinski definition) is 4. The lowest BCUT2D eigenvalue weighted by Gasteiger charge is -2.09. The van der Waals surface area contributed by atoms with Crippen LogP contribution in [0.1, 0.15) is 11.1 Å². The maximum absolute atomic E-state index is 13.1. The molecule has 0 unspecified atom stereocenters. The van der Waals surface area contributed by atoms with E-state index >= 15 is 0 Å². The van der Waals surface area contributed by atoms with Gasteiger partial charge in [0.05, 0.1) is 26.2 Å². The average Bonchev–Trinajstić information content (AvgIpc) is 3.07. The molecule has 0 atom stereocenters. The van der Waals surface area contributed by atoms with E-state index in [0.717, 1.165) is 26.2 Å². The molecule has 148 valence electrons. The molecule has 0 aliphatic heterocycles. The fraction of sp³-hybridized carbons (Fsp3) is 0.182. The molecule has 0 spiro atoms. The van der Waals surface area contributed by atoms with E-state index in [1.165, 1.54) is 0 Å². The molecule has 0 N–H and O–H groups in total. The van der Waals surface area contributed by atoms with Crippen molar-refractivity contribution in [3.05, 3.63) is 86.1 Å². The smallest absolute Gasteiger partial charge is 0.264 e. The van der Waals surface area contributed by atoms with Crippen molar-refractivity contribution in [3.8, 4) is 11.5 Å². The van der Waals surface area contributed by atoms with Crippen LogP contribution in [0.5, 0.6) is 11.5 Å². The van der Waals surface area contributed by atoms with Crippen LogP contribution in [-0.2, 0) is 13.1 Å². The summed E-state index contributed by atoms with van der Waals surface area (Å²) in [5.41, 5.74) is 2.79. The van der Waals surface area contributed by atoms with Gasteiger partial charge < -0.3 is 14.0 Å². The summed E-state index contributed by atoms with van der Waals surface area (Å²) in [5.74, 6) is 1.61. The highest BCUT2D eigenvalue weighted by Crippen LogP contribution is 2.21. The standard InChI is InChI=1S/C22H20IN3O3/c1-28-17-7-3-15(4-8-17)11-25-13-19(23)20-21(25)24-14-26(22(20)27)12-16-5-9-18(29-2)10-6-16/h3-10,13-14H,11-12H2,1-2H3. The van der Waals surface area contributed by atoms with Crippen LogP contribution >= 0.6 is 22.6 Å². The number of hydrogen-bond donors (Lipinski definition) is 0. The Labute approximate surface area is 181 Å². The number of fused-ring (bicyclic) bond motifs is 1. The van der Waals surface area contributed by atoms with Gasteiger partial charge in [0.2, 0.25) is 0 Å². The zero-order chi connectivity index (χ0) is 20.4. The normalized spacial score (nSPS) is 11.0. The van der Waals surface area contributed by atoms with Crippen molar-refractivity contribution in [1.29, 1.82) is 0 Å². The largest absolute Gasteiger partial charge is 0.497 e. The first-order chi connectivity index (χ1) is 14.1. The van der Waals surface area contributed by atoms with Gasteiger partial charge in [-0.15, -0.1) is 0 Å². The van der Waals surface area contributed by atoms with E-state index in [4.69, 9.17) is 9.47 Å². The maximum atomic E-state index is 13.1. The number of methoxy groups -OCH3 is 2. The molecule has 0 aliphatic carbocycles. The van der Waals surface area contributed by atoms with E-state index in [1.54, 1.807) is 25.1 Å². The molecule has 4 aromatic rings. The van der Waals surface area contributed by atoms with Crippen LogP contribution in [0.4, 0.5) is 0 Å². The molecule has 0 saturated carbocycles. The number of halogens is 1. The number of nitrogens with zero attached hydrogens (tertiary/aromatic N) is 3. The lowest BCUT2D eigenvalue weighted by atomic mass is 10.2. The van der Waals surface area contributed by atoms with Crippen molar-refractivity contribution in [2.45, 2.75) is 13.1 Å². The first-order valence-corrected chi connectivity index (χ1v) is 10.2. The summed E-state index contributed by atoms with van der Waals surface area (Å²) < 4.78 is 15.0. The Bertz CT molecular complexity index is 1200. The lowest BCUT2D eigenvalue weighted by molar-refractivity contribution is 0.414. The third-order valence-corrected chi connectivity index (χ3v) is 5.64. The number of ether oxygens (including phenoxy) is 2. The van der Waals surface area contributed by atoms with Gasteiger partial charge in [-0.3, -0.25) is 9.36 Å². The monoisotopic (exact) mass is 501 g/mol. The molecule has 2 aromatic heterocycles. The van der Waals surface area contributed by atoms with Crippen LogP contribution in [0.3, 0.4) is 0 Å². The fourth-order valence-electron chi connectivity index (χ4n) is 3.26. The highest BCUT2D eigenvalue weighted by molar-refractivity contribution is 14.1. The predicted molar refractivity (Wildman–Crippen MR) is 121 cm³/mol. The van der Waals surface area contributed by atoms with Crippen LogP contribution in [-0.4, -0.2) is 28.3 Å². The molecule has 7 heteroatoms. The van der Waals surface area contributed by atoms with Gasteiger partial charge in [0, 0.05) is 16.3 Å². The van der Waals surface area contributed by atoms with Crippen molar-refractivity contribution in [1.82, 2.24) is 14.1 Å². The van der Waals surface area contributed by atoms with Crippen molar-refractivity contribution in [3.63, 3.8) is 0 Å². The predicted octanol–water partition coefficient (Wildman–Crippen LogP) is 3.92. The number of rotatable bonds is 6. The topological polar surface area (TPSA) is 58.3 Å². The second-order valence-electron chi connectivity index (χ2n) is 6.68. The minimum absolute atomic E-state index is 0.0382. The molecule has 0 fully saturated rings. The highest BCUT2D eigenvalue weighted by atomic mass is 127. The zero-order valence-electron chi connectivity index (χ0n) is 16.1. The summed E-state index contributed by atoms with van der Waals surface area (Å²) in [4.78, 5) is 17.7. The Balaban J connectivity index is 1.65. The molecule has 0 radical (unpaired) electrons. The molecule has 0 saturated heterocycles. The fourth-order valence-corrected chi connectivity index (χ4v) is 4.07. The maximum Gasteiger partial charge on any atom is 0.264 e. The van der Waals surface area contributed by atoms with Crippen LogP contribution in [0.2, 0.25) is 0 Å². The Morgan fingerprint density at radius 3 is 1.90 bits per heavy atom. The van der Waals surface area contributed by atoms with Gasteiger partial charge >= 0.3 is 0 Å². The highest BCUT2D eigenvalue weighted by Gasteiger charge is 2.14. The van der Waals surface area contributed by atoms with Gasteiger partial charge in [0.1, 0.15) is 23.5 Å². The van der Waals surface area contributed by atoms with Gasteiger partial charge in [0.15, 0.2) is 0 Å². The first-order valence-electron chi connectivity index (χ1n) is 9.08. The van der Waals surface area contributed by atoms with E-state index in [1.807, 2.05) is 59.3 Å². The van der Waals surface area contributed by atoms with E-state index in [2.05, 4.69) is 27.6 Å². The minimum Gasteiger partial charge on any atom is -0.497 e. The zero-order valence-corrected chi connectivity index (χ0v) is 18.3. The van der Waals surface area contributed by atoms with Crippen molar-refractivity contribution in [2.75, 3.05) is 14.2 Å². The molecule has 2 aromatic carbocycles. The van der Waals surface area contributed by atoms with Gasteiger partial charge in [-0.2, -0.15) is 0 Å². The molecule has 0 amide bonds. The van der Waals surface area contributed by atoms with Gasteiger partial charge in [-0.1, -0.05) is 24.3 Å². The number of aromatic nitrogens is 3. The Kier molecular flexibility index (Phi) is 5.57. The number of benzene rings is 2. The summed E-state index contributed by atoms with van der Waals surface area (Å²) in [5, 5.41) is 0.648. The Morgan fingerprint density at radius 2 is 1.38 bits per heavy atom. The Morgan fingerprint density at radius 1 is 0.862 bits per heavy atom. The van der Waals surface area contributed by atoms with E-state index in [0.29, 0.717) is 24.1 Å². The molecule has 29 heavy (non-hydrogen) atoms. The van der Waals surface area contributed by atoms with Crippen molar-refractivity contribution in [2.24, 2.45) is 0 Å². The second kappa shape index (κ2) is 8.28. The Hall–Kier alpha value is -2.81. The lowest BCUT2D eigenvalue weighted by Crippen LogP contribution is -2.21. The summed E-state index contributed by atoms with van der Waals surface area (Å²) in [6, 6.07) is 15.6. The average molecular weight is 501 g/mol. The van der Waals surface area contributed by atoms with Crippen LogP contribution in [0.25, 0.3) is 11.0 Å². The van der Waals surface area contributed by atoms with Gasteiger partial charge in [0.25, 0.3) is 5.56 Å². The molecule has 6 nitrogen and oxygen atoms in total. The van der Waals surface area contributed by atoms with Crippen molar-refractivity contribution >= 4 is 33.6 Å². The first kappa shape index (κ1) is 19.5. The minimum atomic E-state index is -0.0382. The van der Waals surface area contributed by atoms with Crippen LogP contribution in [0.15, 0.2) is 65.8 Å². The molecule has 0 aliphatic rings. The SMILES string of the molecule is COc1ccc(Cn2cnc3c(c(I)cn3Cc3ccc(OC)cc3)c2=O)cc1. The molecule has 4 rings (SSSR count). The third-order valence-electron chi connectivity index (χ3n) is 4.82. The summed E-state index contributed by atoms with van der Waals surface area (Å²) >= 11 is 2.20. The van der Waals surface area contributed by atoms with Gasteiger partial charge in [-0.25, -0.2) is 4.98 Å². The van der Waals surface area contributed by atoms with E-state index in [-0.39, 0.29) is 5.56 Å². The summed E-state index contributed by atoms with van der Waals surface area (Å²) in [7, 11) is 3.29. The summed E-state index contributed by atoms with van der Waals surface area (Å²) in [6.07, 6.45) is 3.59. The molecule has 0 bridgehead atoms.